The van der Waals surface area contributed by atoms with E-state index in [1.807, 2.05) is 54.6 Å². The van der Waals surface area contributed by atoms with Gasteiger partial charge in [-0.25, -0.2) is 0 Å². The predicted molar refractivity (Wildman–Crippen MR) is 93.1 cm³/mol. The Labute approximate surface area is 141 Å². The Balaban J connectivity index is 1.66. The van der Waals surface area contributed by atoms with Crippen LogP contribution in [-0.2, 0) is 13.0 Å². The van der Waals surface area contributed by atoms with Crippen molar-refractivity contribution in [2.24, 2.45) is 5.92 Å². The number of anilines is 1. The smallest absolute Gasteiger partial charge is 0.245 e. The summed E-state index contributed by atoms with van der Waals surface area (Å²) in [5, 5.41) is 7.30. The summed E-state index contributed by atoms with van der Waals surface area (Å²) in [5.74, 6) is 3.37. The molecule has 124 valence electrons. The van der Waals surface area contributed by atoms with Crippen molar-refractivity contribution in [3.63, 3.8) is 0 Å². The highest BCUT2D eigenvalue weighted by molar-refractivity contribution is 5.57. The Bertz CT molecular complexity index is 769. The molecule has 0 aliphatic heterocycles. The van der Waals surface area contributed by atoms with Crippen LogP contribution in [0, 0.1) is 5.92 Å². The van der Waals surface area contributed by atoms with Gasteiger partial charge >= 0.3 is 0 Å². The van der Waals surface area contributed by atoms with Crippen LogP contribution in [0.2, 0.25) is 0 Å². The molecule has 2 aromatic carbocycles. The first-order valence-electron chi connectivity index (χ1n) is 8.08. The standard InChI is InChI=1S/C19H21N3O2/c1-14(2)12-18-21-19(24-22-18)13-20-16-10-6-7-11-17(16)23-15-8-4-3-5-9-15/h3-11,14,20H,12-13H2,1-2H3. The average molecular weight is 323 g/mol. The number of nitrogens with zero attached hydrogens (tertiary/aromatic N) is 2. The Morgan fingerprint density at radius 3 is 2.58 bits per heavy atom. The number of rotatable bonds is 7. The van der Waals surface area contributed by atoms with E-state index in [2.05, 4.69) is 29.3 Å². The molecule has 0 spiro atoms. The Morgan fingerprint density at radius 2 is 1.79 bits per heavy atom. The topological polar surface area (TPSA) is 60.2 Å². The first kappa shape index (κ1) is 16.1. The number of hydrogen-bond acceptors (Lipinski definition) is 5. The van der Waals surface area contributed by atoms with E-state index in [0.29, 0.717) is 18.4 Å². The van der Waals surface area contributed by atoms with E-state index in [1.165, 1.54) is 0 Å². The molecule has 0 saturated carbocycles. The highest BCUT2D eigenvalue weighted by Gasteiger charge is 2.09. The van der Waals surface area contributed by atoms with Crippen molar-refractivity contribution in [2.45, 2.75) is 26.8 Å². The molecule has 0 saturated heterocycles. The van der Waals surface area contributed by atoms with Crippen LogP contribution >= 0.6 is 0 Å². The minimum atomic E-state index is 0.459. The van der Waals surface area contributed by atoms with E-state index in [-0.39, 0.29) is 0 Å². The first-order chi connectivity index (χ1) is 11.7. The number of para-hydroxylation sites is 3. The zero-order valence-electron chi connectivity index (χ0n) is 13.9. The van der Waals surface area contributed by atoms with E-state index in [4.69, 9.17) is 9.26 Å². The molecule has 5 heteroatoms. The van der Waals surface area contributed by atoms with Crippen LogP contribution in [0.25, 0.3) is 0 Å². The maximum absolute atomic E-state index is 5.93. The molecule has 1 N–H and O–H groups in total. The molecule has 0 unspecified atom stereocenters. The van der Waals surface area contributed by atoms with E-state index in [0.717, 1.165) is 29.4 Å². The van der Waals surface area contributed by atoms with Crippen LogP contribution in [0.1, 0.15) is 25.6 Å². The highest BCUT2D eigenvalue weighted by atomic mass is 16.5. The Morgan fingerprint density at radius 1 is 1.04 bits per heavy atom. The van der Waals surface area contributed by atoms with Crippen molar-refractivity contribution in [1.29, 1.82) is 0 Å². The van der Waals surface area contributed by atoms with Gasteiger partial charge in [-0.15, -0.1) is 0 Å². The van der Waals surface area contributed by atoms with Crippen LogP contribution in [0.15, 0.2) is 59.1 Å². The lowest BCUT2D eigenvalue weighted by molar-refractivity contribution is 0.375. The van der Waals surface area contributed by atoms with Gasteiger partial charge in [0, 0.05) is 6.42 Å². The van der Waals surface area contributed by atoms with Gasteiger partial charge in [-0.2, -0.15) is 4.98 Å². The van der Waals surface area contributed by atoms with Gasteiger partial charge in [-0.05, 0) is 30.2 Å². The zero-order valence-corrected chi connectivity index (χ0v) is 13.9. The highest BCUT2D eigenvalue weighted by Crippen LogP contribution is 2.29. The maximum Gasteiger partial charge on any atom is 0.245 e. The Hall–Kier alpha value is -2.82. The summed E-state index contributed by atoms with van der Waals surface area (Å²) in [4.78, 5) is 4.40. The second kappa shape index (κ2) is 7.64. The molecule has 1 aromatic heterocycles. The van der Waals surface area contributed by atoms with Crippen molar-refractivity contribution in [3.05, 3.63) is 66.3 Å². The van der Waals surface area contributed by atoms with Crippen LogP contribution < -0.4 is 10.1 Å². The zero-order chi connectivity index (χ0) is 16.8. The van der Waals surface area contributed by atoms with Gasteiger partial charge < -0.3 is 14.6 Å². The maximum atomic E-state index is 5.93. The number of ether oxygens (including phenoxy) is 1. The molecule has 5 nitrogen and oxygen atoms in total. The summed E-state index contributed by atoms with van der Waals surface area (Å²) in [6.07, 6.45) is 0.817. The van der Waals surface area contributed by atoms with Gasteiger partial charge in [0.05, 0.1) is 12.2 Å². The van der Waals surface area contributed by atoms with Crippen molar-refractivity contribution in [3.8, 4) is 11.5 Å². The van der Waals surface area contributed by atoms with Crippen molar-refractivity contribution >= 4 is 5.69 Å². The summed E-state index contributed by atoms with van der Waals surface area (Å²) in [6, 6.07) is 17.5. The van der Waals surface area contributed by atoms with Gasteiger partial charge in [0.1, 0.15) is 5.75 Å². The van der Waals surface area contributed by atoms with Crippen LogP contribution in [0.5, 0.6) is 11.5 Å². The van der Waals surface area contributed by atoms with E-state index >= 15 is 0 Å². The average Bonchev–Trinajstić information content (AvgIpc) is 3.02. The molecule has 0 amide bonds. The predicted octanol–water partition coefficient (Wildman–Crippen LogP) is 4.67. The van der Waals surface area contributed by atoms with Crippen LogP contribution in [0.4, 0.5) is 5.69 Å². The Kier molecular flexibility index (Phi) is 5.11. The van der Waals surface area contributed by atoms with Gasteiger partial charge in [-0.1, -0.05) is 49.3 Å². The lowest BCUT2D eigenvalue weighted by atomic mass is 10.1. The molecule has 0 bridgehead atoms. The molecular weight excluding hydrogens is 302 g/mol. The van der Waals surface area contributed by atoms with E-state index in [1.54, 1.807) is 0 Å². The fraction of sp³-hybridized carbons (Fsp3) is 0.263. The SMILES string of the molecule is CC(C)Cc1noc(CNc2ccccc2Oc2ccccc2)n1. The molecule has 3 aromatic rings. The lowest BCUT2D eigenvalue weighted by Crippen LogP contribution is -2.02. The minimum absolute atomic E-state index is 0.459. The number of hydrogen-bond donors (Lipinski definition) is 1. The third-order valence-electron chi connectivity index (χ3n) is 3.39. The summed E-state index contributed by atoms with van der Waals surface area (Å²) in [7, 11) is 0. The molecule has 1 heterocycles. The largest absolute Gasteiger partial charge is 0.455 e. The first-order valence-corrected chi connectivity index (χ1v) is 8.08. The second-order valence-electron chi connectivity index (χ2n) is 5.97. The monoisotopic (exact) mass is 323 g/mol. The fourth-order valence-electron chi connectivity index (χ4n) is 2.30. The molecule has 0 fully saturated rings. The third kappa shape index (κ3) is 4.35. The fourth-order valence-corrected chi connectivity index (χ4v) is 2.30. The van der Waals surface area contributed by atoms with Crippen molar-refractivity contribution in [1.82, 2.24) is 10.1 Å². The molecule has 0 aliphatic rings. The van der Waals surface area contributed by atoms with E-state index in [9.17, 15) is 0 Å². The number of benzene rings is 2. The number of aromatic nitrogens is 2. The molecular formula is C19H21N3O2. The number of nitrogens with one attached hydrogen (secondary N) is 1. The third-order valence-corrected chi connectivity index (χ3v) is 3.39. The molecule has 0 aliphatic carbocycles. The van der Waals surface area contributed by atoms with E-state index < -0.39 is 0 Å². The summed E-state index contributed by atoms with van der Waals surface area (Å²) >= 11 is 0. The van der Waals surface area contributed by atoms with Gasteiger partial charge in [0.2, 0.25) is 5.89 Å². The van der Waals surface area contributed by atoms with Gasteiger partial charge in [0.15, 0.2) is 11.6 Å². The molecule has 24 heavy (non-hydrogen) atoms. The van der Waals surface area contributed by atoms with Crippen molar-refractivity contribution < 1.29 is 9.26 Å². The van der Waals surface area contributed by atoms with Crippen molar-refractivity contribution in [2.75, 3.05) is 5.32 Å². The van der Waals surface area contributed by atoms with Gasteiger partial charge in [0.25, 0.3) is 0 Å². The summed E-state index contributed by atoms with van der Waals surface area (Å²) in [5.41, 5.74) is 0.880. The summed E-state index contributed by atoms with van der Waals surface area (Å²) in [6.45, 7) is 4.72. The lowest BCUT2D eigenvalue weighted by Gasteiger charge is -2.11. The molecule has 3 rings (SSSR count). The summed E-state index contributed by atoms with van der Waals surface area (Å²) < 4.78 is 11.2. The second-order valence-corrected chi connectivity index (χ2v) is 5.97. The minimum Gasteiger partial charge on any atom is -0.455 e. The van der Waals surface area contributed by atoms with Gasteiger partial charge in [-0.3, -0.25) is 0 Å². The molecule has 0 radical (unpaired) electrons. The quantitative estimate of drug-likeness (QED) is 0.684. The van der Waals surface area contributed by atoms with Crippen LogP contribution in [-0.4, -0.2) is 10.1 Å². The molecule has 0 atom stereocenters. The van der Waals surface area contributed by atoms with Crippen LogP contribution in [0.3, 0.4) is 0 Å². The normalized spacial score (nSPS) is 10.8.